The van der Waals surface area contributed by atoms with Gasteiger partial charge in [-0.15, -0.1) is 11.3 Å². The fourth-order valence-electron chi connectivity index (χ4n) is 8.33. The van der Waals surface area contributed by atoms with E-state index in [1.54, 1.807) is 67.2 Å². The summed E-state index contributed by atoms with van der Waals surface area (Å²) in [4.78, 5) is 53.8. The van der Waals surface area contributed by atoms with Crippen LogP contribution in [0, 0.1) is 23.6 Å². The topological polar surface area (TPSA) is 170 Å². The highest BCUT2D eigenvalue weighted by Crippen LogP contribution is 2.52. The Hall–Kier alpha value is -4.45. The van der Waals surface area contributed by atoms with E-state index in [2.05, 4.69) is 10.6 Å². The Bertz CT molecular complexity index is 2390. The van der Waals surface area contributed by atoms with Crippen molar-refractivity contribution < 1.29 is 50.9 Å². The van der Waals surface area contributed by atoms with Gasteiger partial charge in [0.1, 0.15) is 27.6 Å². The average molecular weight is 948 g/mol. The van der Waals surface area contributed by atoms with Gasteiger partial charge in [0.15, 0.2) is 17.2 Å². The van der Waals surface area contributed by atoms with Gasteiger partial charge in [0, 0.05) is 42.8 Å². The number of likely N-dealkylation sites (tertiary alicyclic amines) is 1. The summed E-state index contributed by atoms with van der Waals surface area (Å²) in [6, 6.07) is 11.3. The van der Waals surface area contributed by atoms with Crippen LogP contribution in [-0.2, 0) is 39.6 Å². The number of ether oxygens (including phenoxy) is 4. The van der Waals surface area contributed by atoms with Crippen molar-refractivity contribution in [2.24, 2.45) is 17.8 Å². The van der Waals surface area contributed by atoms with Crippen LogP contribution >= 0.6 is 22.9 Å². The molecule has 2 N–H and O–H groups in total. The highest BCUT2D eigenvalue weighted by molar-refractivity contribution is 7.88. The second kappa shape index (κ2) is 18.1. The Morgan fingerprint density at radius 1 is 0.906 bits per heavy atom. The number of anilines is 2. The zero-order chi connectivity index (χ0) is 47.3. The van der Waals surface area contributed by atoms with Crippen molar-refractivity contribution in [3.8, 4) is 16.2 Å². The van der Waals surface area contributed by atoms with E-state index in [9.17, 15) is 27.6 Å². The lowest BCUT2D eigenvalue weighted by Gasteiger charge is -2.45. The molecule has 1 unspecified atom stereocenters. The molecule has 14 nitrogen and oxygen atoms in total. The third-order valence-electron chi connectivity index (χ3n) is 10.9. The molecule has 1 aromatic heterocycles. The van der Waals surface area contributed by atoms with Crippen LogP contribution in [0.1, 0.15) is 104 Å². The second-order valence-corrected chi connectivity index (χ2v) is 23.7. The van der Waals surface area contributed by atoms with Gasteiger partial charge in [0.05, 0.1) is 16.3 Å². The molecule has 3 aliphatic rings. The summed E-state index contributed by atoms with van der Waals surface area (Å²) in [5.41, 5.74) is -1.33. The van der Waals surface area contributed by atoms with Crippen molar-refractivity contribution in [1.29, 1.82) is 0 Å². The van der Waals surface area contributed by atoms with Crippen molar-refractivity contribution >= 4 is 68.3 Å². The van der Waals surface area contributed by atoms with Crippen molar-refractivity contribution in [1.82, 2.24) is 9.21 Å². The van der Waals surface area contributed by atoms with Crippen molar-refractivity contribution in [2.75, 3.05) is 36.9 Å². The van der Waals surface area contributed by atoms with Gasteiger partial charge < -0.3 is 34.5 Å². The highest BCUT2D eigenvalue weighted by atomic mass is 35.5. The number of nitrogens with zero attached hydrogens (tertiary/aromatic N) is 2. The van der Waals surface area contributed by atoms with Crippen LogP contribution < -0.4 is 15.4 Å². The molecule has 3 aromatic rings. The molecule has 3 fully saturated rings. The molecule has 2 saturated heterocycles. The van der Waals surface area contributed by atoms with E-state index in [4.69, 9.17) is 30.5 Å². The third-order valence-corrected chi connectivity index (χ3v) is 14.6. The van der Waals surface area contributed by atoms with Crippen LogP contribution in [0.25, 0.3) is 10.4 Å². The number of carbonyl (C=O) groups is 4. The molecule has 1 saturated carbocycles. The molecule has 3 heterocycles. The maximum Gasteiger partial charge on any atom is 0.410 e. The number of fused-ring (bicyclic) bond motifs is 1. The van der Waals surface area contributed by atoms with Crippen LogP contribution in [0.5, 0.6) is 5.75 Å². The Kier molecular flexibility index (Phi) is 13.8. The molecule has 2 aromatic carbocycles. The summed E-state index contributed by atoms with van der Waals surface area (Å²) < 4.78 is 66.8. The largest absolute Gasteiger partial charge is 0.479 e. The van der Waals surface area contributed by atoms with E-state index in [0.29, 0.717) is 41.9 Å². The maximum atomic E-state index is 15.0. The van der Waals surface area contributed by atoms with E-state index in [1.807, 2.05) is 38.1 Å². The smallest absolute Gasteiger partial charge is 0.410 e. The van der Waals surface area contributed by atoms with Gasteiger partial charge in [0.2, 0.25) is 15.9 Å². The third kappa shape index (κ3) is 12.1. The molecular weight excluding hydrogens is 887 g/mol. The molecule has 18 heteroatoms. The number of benzene rings is 2. The van der Waals surface area contributed by atoms with Crippen LogP contribution in [0.3, 0.4) is 0 Å². The number of hydrogen-bond acceptors (Lipinski definition) is 12. The lowest BCUT2D eigenvalue weighted by Crippen LogP contribution is -2.55. The lowest BCUT2D eigenvalue weighted by molar-refractivity contribution is -0.157. The van der Waals surface area contributed by atoms with Gasteiger partial charge in [-0.1, -0.05) is 29.8 Å². The molecule has 0 bridgehead atoms. The standard InChI is InChI=1S/C46H60ClFN4O10S2/c1-43(2,3)60-34(53)24-59-37-36(47)38(63-39(37)41(55)61-44(4,5)6)27-13-12-14-28(20-27)49-29-17-18-52(46(10,11)21-29)64(57,58)25-26-15-16-32(48)33(19-26)50-40(54)35-30-22-51(23-31(30)35)42(56)62-45(7,8)9/h12-16,19-20,29-31,35,49H,17-18,21-25H2,1-11H3,(H,50,54)/t29-,30-,31+,35?/m1/s1. The Morgan fingerprint density at radius 2 is 1.55 bits per heavy atom. The minimum Gasteiger partial charge on any atom is -0.479 e. The maximum absolute atomic E-state index is 15.0. The van der Waals surface area contributed by atoms with Crippen LogP contribution in [0.15, 0.2) is 42.5 Å². The van der Waals surface area contributed by atoms with Gasteiger partial charge in [-0.2, -0.15) is 4.31 Å². The summed E-state index contributed by atoms with van der Waals surface area (Å²) in [5.74, 6) is -3.17. The molecule has 64 heavy (non-hydrogen) atoms. The minimum atomic E-state index is -3.90. The average Bonchev–Trinajstić information content (AvgIpc) is 3.44. The number of halogens is 2. The quantitative estimate of drug-likeness (QED) is 0.131. The van der Waals surface area contributed by atoms with E-state index < -0.39 is 68.6 Å². The summed E-state index contributed by atoms with van der Waals surface area (Å²) >= 11 is 7.97. The summed E-state index contributed by atoms with van der Waals surface area (Å²) in [6.07, 6.45) is 0.519. The zero-order valence-electron chi connectivity index (χ0n) is 38.3. The monoisotopic (exact) mass is 946 g/mol. The first-order valence-electron chi connectivity index (χ1n) is 21.4. The summed E-state index contributed by atoms with van der Waals surface area (Å²) in [6.45, 7) is 20.0. The van der Waals surface area contributed by atoms with E-state index in [0.717, 1.165) is 23.1 Å². The lowest BCUT2D eigenvalue weighted by atomic mass is 9.89. The molecule has 2 amide bonds. The molecule has 1 aliphatic carbocycles. The number of rotatable bonds is 12. The summed E-state index contributed by atoms with van der Waals surface area (Å²) in [7, 11) is -3.90. The number of amides is 2. The van der Waals surface area contributed by atoms with Crippen molar-refractivity contribution in [2.45, 2.75) is 123 Å². The van der Waals surface area contributed by atoms with Crippen LogP contribution in [0.4, 0.5) is 20.6 Å². The van der Waals surface area contributed by atoms with Gasteiger partial charge in [-0.05, 0) is 136 Å². The first kappa shape index (κ1) is 49.0. The molecular formula is C46H60ClFN4O10S2. The number of nitrogens with one attached hydrogen (secondary N) is 2. The number of thiophene rings is 1. The summed E-state index contributed by atoms with van der Waals surface area (Å²) in [5, 5.41) is 6.36. The molecule has 6 rings (SSSR count). The minimum absolute atomic E-state index is 0.0204. The SMILES string of the molecule is CC(C)(C)OC(=O)COc1c(C(=O)OC(C)(C)C)sc(-c2cccc(N[C@@H]3CCN(S(=O)(=O)Cc4ccc(F)c(NC(=O)C5[C@H]6CN(C(=O)OC(C)(C)C)C[C@@H]56)c4)C(C)(C)C3)c2)c1Cl. The number of carbonyl (C=O) groups excluding carboxylic acids is 4. The van der Waals surface area contributed by atoms with Gasteiger partial charge in [-0.25, -0.2) is 27.2 Å². The van der Waals surface area contributed by atoms with E-state index >= 15 is 4.39 Å². The molecule has 0 radical (unpaired) electrons. The normalized spacial score (nSPS) is 21.1. The number of esters is 2. The number of piperidine rings is 2. The fraction of sp³-hybridized carbons (Fsp3) is 0.565. The number of hydrogen-bond donors (Lipinski definition) is 2. The van der Waals surface area contributed by atoms with Crippen molar-refractivity contribution in [3.63, 3.8) is 0 Å². The van der Waals surface area contributed by atoms with E-state index in [-0.39, 0.29) is 57.6 Å². The predicted octanol–water partition coefficient (Wildman–Crippen LogP) is 9.12. The Labute approximate surface area is 384 Å². The molecule has 2 aliphatic heterocycles. The highest BCUT2D eigenvalue weighted by Gasteiger charge is 2.60. The van der Waals surface area contributed by atoms with Gasteiger partial charge >= 0.3 is 18.0 Å². The second-order valence-electron chi connectivity index (χ2n) is 20.4. The van der Waals surface area contributed by atoms with Crippen LogP contribution in [0.2, 0.25) is 5.02 Å². The fourth-order valence-corrected chi connectivity index (χ4v) is 11.7. The predicted molar refractivity (Wildman–Crippen MR) is 245 cm³/mol. The Morgan fingerprint density at radius 3 is 2.16 bits per heavy atom. The first-order chi connectivity index (χ1) is 29.5. The van der Waals surface area contributed by atoms with Crippen molar-refractivity contribution in [3.05, 3.63) is 63.7 Å². The molecule has 350 valence electrons. The molecule has 4 atom stereocenters. The van der Waals surface area contributed by atoms with Gasteiger partial charge in [-0.3, -0.25) is 4.79 Å². The zero-order valence-corrected chi connectivity index (χ0v) is 40.7. The van der Waals surface area contributed by atoms with E-state index in [1.165, 1.54) is 16.4 Å². The first-order valence-corrected chi connectivity index (χ1v) is 24.2. The molecule has 0 spiro atoms. The van der Waals surface area contributed by atoms with Gasteiger partial charge in [0.25, 0.3) is 0 Å². The van der Waals surface area contributed by atoms with Crippen LogP contribution in [-0.4, -0.2) is 96.2 Å². The Balaban J connectivity index is 1.09. The number of sulfonamides is 1.